The highest BCUT2D eigenvalue weighted by molar-refractivity contribution is 7.90. The fraction of sp³-hybridized carbons (Fsp3) is 0.143. The van der Waals surface area contributed by atoms with Gasteiger partial charge in [0.1, 0.15) is 0 Å². The van der Waals surface area contributed by atoms with Crippen molar-refractivity contribution >= 4 is 28.0 Å². The van der Waals surface area contributed by atoms with Crippen molar-refractivity contribution in [2.75, 3.05) is 6.61 Å². The van der Waals surface area contributed by atoms with Crippen LogP contribution in [-0.4, -0.2) is 26.9 Å². The smallest absolute Gasteiger partial charge is 0.338 e. The topological polar surface area (TPSA) is 89.5 Å². The number of sulfonamides is 1. The van der Waals surface area contributed by atoms with Crippen LogP contribution in [0.4, 0.5) is 0 Å². The summed E-state index contributed by atoms with van der Waals surface area (Å²) in [5.74, 6) is -1.67. The molecule has 0 saturated heterocycles. The first kappa shape index (κ1) is 21.1. The van der Waals surface area contributed by atoms with Crippen molar-refractivity contribution in [3.8, 4) is 0 Å². The molecule has 28 heavy (non-hydrogen) atoms. The highest BCUT2D eigenvalue weighted by Crippen LogP contribution is 2.11. The molecular weight excluding hydrogens is 378 g/mol. The summed E-state index contributed by atoms with van der Waals surface area (Å²) < 4.78 is 31.5. The molecule has 0 saturated carbocycles. The molecule has 0 atom stereocenters. The van der Waals surface area contributed by atoms with Crippen LogP contribution in [0, 0.1) is 6.92 Å². The molecule has 0 spiro atoms. The first-order valence-corrected chi connectivity index (χ1v) is 10.1. The maximum Gasteiger partial charge on any atom is 0.338 e. The van der Waals surface area contributed by atoms with Crippen molar-refractivity contribution in [1.29, 1.82) is 0 Å². The number of amides is 1. The Morgan fingerprint density at radius 1 is 1.04 bits per heavy atom. The van der Waals surface area contributed by atoms with Gasteiger partial charge in [-0.15, -0.1) is 0 Å². The number of hydrogen-bond acceptors (Lipinski definition) is 5. The van der Waals surface area contributed by atoms with E-state index in [2.05, 4.69) is 0 Å². The Kier molecular flexibility index (Phi) is 7.28. The van der Waals surface area contributed by atoms with Crippen molar-refractivity contribution < 1.29 is 22.7 Å². The molecule has 2 rings (SSSR count). The first-order chi connectivity index (χ1) is 13.3. The molecule has 146 valence electrons. The lowest BCUT2D eigenvalue weighted by atomic mass is 10.1. The maximum absolute atomic E-state index is 12.3. The van der Waals surface area contributed by atoms with Gasteiger partial charge in [0.25, 0.3) is 15.9 Å². The molecule has 0 unspecified atom stereocenters. The Hall–Kier alpha value is -3.19. The Morgan fingerprint density at radius 3 is 2.29 bits per heavy atom. The van der Waals surface area contributed by atoms with Crippen molar-refractivity contribution in [2.24, 2.45) is 0 Å². The van der Waals surface area contributed by atoms with Gasteiger partial charge in [-0.2, -0.15) is 0 Å². The fourth-order valence-corrected chi connectivity index (χ4v) is 3.16. The SMILES string of the molecule is CCOC(=O)C(/C=C/c1ccccc1)=C/C(=O)NS(=O)(=O)c1ccc(C)cc1. The summed E-state index contributed by atoms with van der Waals surface area (Å²) in [6.45, 7) is 3.58. The van der Waals surface area contributed by atoms with Crippen molar-refractivity contribution in [2.45, 2.75) is 18.7 Å². The summed E-state index contributed by atoms with van der Waals surface area (Å²) in [5.41, 5.74) is 1.63. The van der Waals surface area contributed by atoms with Gasteiger partial charge in [0.15, 0.2) is 0 Å². The van der Waals surface area contributed by atoms with Gasteiger partial charge in [-0.3, -0.25) is 4.79 Å². The number of aryl methyl sites for hydroxylation is 1. The molecule has 0 aliphatic rings. The number of ether oxygens (including phenoxy) is 1. The minimum absolute atomic E-state index is 0.0441. The predicted molar refractivity (Wildman–Crippen MR) is 107 cm³/mol. The zero-order chi connectivity index (χ0) is 20.6. The lowest BCUT2D eigenvalue weighted by Crippen LogP contribution is -2.29. The number of nitrogens with one attached hydrogen (secondary N) is 1. The van der Waals surface area contributed by atoms with Gasteiger partial charge in [-0.25, -0.2) is 17.9 Å². The molecule has 0 radical (unpaired) electrons. The van der Waals surface area contributed by atoms with Gasteiger partial charge in [-0.05, 0) is 37.6 Å². The Bertz CT molecular complexity index is 991. The number of benzene rings is 2. The van der Waals surface area contributed by atoms with Gasteiger partial charge in [-0.1, -0.05) is 54.1 Å². The highest BCUT2D eigenvalue weighted by Gasteiger charge is 2.18. The van der Waals surface area contributed by atoms with E-state index in [-0.39, 0.29) is 17.1 Å². The van der Waals surface area contributed by atoms with E-state index in [0.717, 1.165) is 17.2 Å². The summed E-state index contributed by atoms with van der Waals surface area (Å²) in [6.07, 6.45) is 3.94. The molecule has 0 heterocycles. The average Bonchev–Trinajstić information content (AvgIpc) is 2.66. The van der Waals surface area contributed by atoms with Gasteiger partial charge >= 0.3 is 5.97 Å². The lowest BCUT2D eigenvalue weighted by Gasteiger charge is -2.06. The van der Waals surface area contributed by atoms with Crippen LogP contribution < -0.4 is 4.72 Å². The molecule has 7 heteroatoms. The minimum Gasteiger partial charge on any atom is -0.462 e. The van der Waals surface area contributed by atoms with Crippen LogP contribution in [0.3, 0.4) is 0 Å². The summed E-state index contributed by atoms with van der Waals surface area (Å²) in [5, 5.41) is 0. The van der Waals surface area contributed by atoms with E-state index >= 15 is 0 Å². The molecule has 0 aromatic heterocycles. The summed E-state index contributed by atoms with van der Waals surface area (Å²) in [4.78, 5) is 24.3. The van der Waals surface area contributed by atoms with Crippen LogP contribution in [0.2, 0.25) is 0 Å². The molecule has 0 bridgehead atoms. The predicted octanol–water partition coefficient (Wildman–Crippen LogP) is 3.00. The molecule has 2 aromatic rings. The summed E-state index contributed by atoms with van der Waals surface area (Å²) >= 11 is 0. The molecule has 0 aliphatic carbocycles. The lowest BCUT2D eigenvalue weighted by molar-refractivity contribution is -0.138. The van der Waals surface area contributed by atoms with Crippen molar-refractivity contribution in [3.05, 3.63) is 83.4 Å². The van der Waals surface area contributed by atoms with Gasteiger partial charge in [0, 0.05) is 6.08 Å². The second kappa shape index (κ2) is 9.66. The number of esters is 1. The van der Waals surface area contributed by atoms with Crippen molar-refractivity contribution in [1.82, 2.24) is 4.72 Å². The molecule has 0 aliphatic heterocycles. The fourth-order valence-electron chi connectivity index (χ4n) is 2.22. The summed E-state index contributed by atoms with van der Waals surface area (Å²) in [7, 11) is -4.05. The largest absolute Gasteiger partial charge is 0.462 e. The number of carbonyl (C=O) groups excluding carboxylic acids is 2. The third-order valence-electron chi connectivity index (χ3n) is 3.62. The molecule has 1 N–H and O–H groups in total. The van der Waals surface area contributed by atoms with E-state index in [4.69, 9.17) is 4.74 Å². The Labute approximate surface area is 164 Å². The van der Waals surface area contributed by atoms with Crippen molar-refractivity contribution in [3.63, 3.8) is 0 Å². The van der Waals surface area contributed by atoms with Crippen LogP contribution in [0.5, 0.6) is 0 Å². The molecule has 1 amide bonds. The second-order valence-corrected chi connectivity index (χ2v) is 7.53. The second-order valence-electron chi connectivity index (χ2n) is 5.85. The van der Waals surface area contributed by atoms with E-state index in [0.29, 0.717) is 0 Å². The third-order valence-corrected chi connectivity index (χ3v) is 4.98. The van der Waals surface area contributed by atoms with Gasteiger partial charge in [0.2, 0.25) is 0 Å². The quantitative estimate of drug-likeness (QED) is 0.439. The highest BCUT2D eigenvalue weighted by atomic mass is 32.2. The zero-order valence-corrected chi connectivity index (χ0v) is 16.4. The minimum atomic E-state index is -4.05. The Morgan fingerprint density at radius 2 is 1.68 bits per heavy atom. The normalized spacial score (nSPS) is 12.0. The van der Waals surface area contributed by atoms with E-state index in [1.54, 1.807) is 25.1 Å². The van der Waals surface area contributed by atoms with Crippen LogP contribution in [0.15, 0.2) is 77.2 Å². The van der Waals surface area contributed by atoms with Gasteiger partial charge < -0.3 is 4.74 Å². The molecule has 0 fully saturated rings. The molecule has 2 aromatic carbocycles. The third kappa shape index (κ3) is 6.21. The molecular formula is C21H21NO5S. The molecule has 6 nitrogen and oxygen atoms in total. The summed E-state index contributed by atoms with van der Waals surface area (Å²) in [6, 6.07) is 15.2. The maximum atomic E-state index is 12.3. The van der Waals surface area contributed by atoms with E-state index in [9.17, 15) is 18.0 Å². The average molecular weight is 399 g/mol. The van der Waals surface area contributed by atoms with Crippen LogP contribution in [0.1, 0.15) is 18.1 Å². The first-order valence-electron chi connectivity index (χ1n) is 8.57. The Balaban J connectivity index is 2.24. The van der Waals surface area contributed by atoms with Gasteiger partial charge in [0.05, 0.1) is 17.1 Å². The van der Waals surface area contributed by atoms with E-state index in [1.807, 2.05) is 42.0 Å². The number of carbonyl (C=O) groups is 2. The van der Waals surface area contributed by atoms with Crippen LogP contribution >= 0.6 is 0 Å². The zero-order valence-electron chi connectivity index (χ0n) is 15.6. The number of rotatable bonds is 7. The van der Waals surface area contributed by atoms with E-state index in [1.165, 1.54) is 18.2 Å². The monoisotopic (exact) mass is 399 g/mol. The number of hydrogen-bond donors (Lipinski definition) is 1. The van der Waals surface area contributed by atoms with E-state index < -0.39 is 21.9 Å². The van der Waals surface area contributed by atoms with Crippen LogP contribution in [-0.2, 0) is 24.3 Å². The van der Waals surface area contributed by atoms with Crippen LogP contribution in [0.25, 0.3) is 6.08 Å². The standard InChI is InChI=1S/C21H21NO5S/c1-3-27-21(24)18(12-11-17-7-5-4-6-8-17)15-20(23)22-28(25,26)19-13-9-16(2)10-14-19/h4-15H,3H2,1-2H3,(H,22,23)/b12-11+,18-15+.